The molecule has 0 saturated heterocycles. The van der Waals surface area contributed by atoms with E-state index in [1.165, 1.54) is 0 Å². The summed E-state index contributed by atoms with van der Waals surface area (Å²) in [4.78, 5) is 12.1. The van der Waals surface area contributed by atoms with E-state index in [0.717, 1.165) is 16.8 Å². The number of aromatic hydroxyl groups is 1. The van der Waals surface area contributed by atoms with Crippen LogP contribution in [0.4, 0.5) is 0 Å². The number of amides is 1. The van der Waals surface area contributed by atoms with Gasteiger partial charge in [-0.1, -0.05) is 24.3 Å². The number of hydrogen-bond acceptors (Lipinski definition) is 3. The zero-order valence-electron chi connectivity index (χ0n) is 12.7. The summed E-state index contributed by atoms with van der Waals surface area (Å²) < 4.78 is 1.75. The van der Waals surface area contributed by atoms with Gasteiger partial charge in [0.05, 0.1) is 17.4 Å². The Bertz CT molecular complexity index is 825. The van der Waals surface area contributed by atoms with Gasteiger partial charge in [-0.05, 0) is 36.8 Å². The van der Waals surface area contributed by atoms with E-state index in [-0.39, 0.29) is 17.2 Å². The largest absolute Gasteiger partial charge is 0.507 e. The summed E-state index contributed by atoms with van der Waals surface area (Å²) in [6, 6.07) is 14.7. The third-order valence-electron chi connectivity index (χ3n) is 3.51. The molecule has 23 heavy (non-hydrogen) atoms. The Kier molecular flexibility index (Phi) is 4.10. The van der Waals surface area contributed by atoms with E-state index in [0.29, 0.717) is 6.54 Å². The maximum Gasteiger partial charge on any atom is 0.255 e. The van der Waals surface area contributed by atoms with Crippen molar-refractivity contribution in [3.05, 3.63) is 77.6 Å². The summed E-state index contributed by atoms with van der Waals surface area (Å²) in [5.74, 6) is -0.322. The molecule has 0 aliphatic rings. The zero-order valence-corrected chi connectivity index (χ0v) is 12.7. The van der Waals surface area contributed by atoms with Gasteiger partial charge < -0.3 is 10.4 Å². The topological polar surface area (TPSA) is 67.2 Å². The van der Waals surface area contributed by atoms with E-state index in [2.05, 4.69) is 10.4 Å². The molecule has 0 fully saturated rings. The van der Waals surface area contributed by atoms with Crippen LogP contribution in [0.5, 0.6) is 5.75 Å². The molecule has 0 aliphatic carbocycles. The summed E-state index contributed by atoms with van der Waals surface area (Å²) in [5.41, 5.74) is 3.02. The molecule has 0 saturated carbocycles. The average Bonchev–Trinajstić information content (AvgIpc) is 3.02. The first kappa shape index (κ1) is 14.8. The van der Waals surface area contributed by atoms with Crippen LogP contribution in [-0.2, 0) is 6.54 Å². The zero-order chi connectivity index (χ0) is 16.2. The molecule has 3 aromatic rings. The molecule has 2 aromatic carbocycles. The molecule has 1 heterocycles. The number of carbonyl (C=O) groups is 1. The predicted octanol–water partition coefficient (Wildman–Crippen LogP) is 2.82. The minimum Gasteiger partial charge on any atom is -0.507 e. The maximum absolute atomic E-state index is 12.1. The third-order valence-corrected chi connectivity index (χ3v) is 3.51. The second kappa shape index (κ2) is 6.36. The fourth-order valence-electron chi connectivity index (χ4n) is 2.28. The lowest BCUT2D eigenvalue weighted by Gasteiger charge is -2.06. The number of carbonyl (C=O) groups excluding carboxylic acids is 1. The molecule has 1 aromatic heterocycles. The lowest BCUT2D eigenvalue weighted by atomic mass is 10.1. The number of nitrogens with one attached hydrogen (secondary N) is 1. The van der Waals surface area contributed by atoms with Crippen molar-refractivity contribution in [2.75, 3.05) is 0 Å². The molecule has 0 radical (unpaired) electrons. The van der Waals surface area contributed by atoms with Gasteiger partial charge in [-0.15, -0.1) is 0 Å². The molecule has 116 valence electrons. The normalized spacial score (nSPS) is 10.5. The summed E-state index contributed by atoms with van der Waals surface area (Å²) >= 11 is 0. The Hall–Kier alpha value is -3.08. The van der Waals surface area contributed by atoms with Crippen molar-refractivity contribution in [2.24, 2.45) is 0 Å². The van der Waals surface area contributed by atoms with Crippen molar-refractivity contribution >= 4 is 5.91 Å². The summed E-state index contributed by atoms with van der Waals surface area (Å²) in [7, 11) is 0. The highest BCUT2D eigenvalue weighted by Gasteiger charge is 2.11. The van der Waals surface area contributed by atoms with Crippen molar-refractivity contribution < 1.29 is 9.90 Å². The van der Waals surface area contributed by atoms with Gasteiger partial charge in [-0.3, -0.25) is 4.79 Å². The molecule has 0 atom stereocenters. The molecular weight excluding hydrogens is 290 g/mol. The van der Waals surface area contributed by atoms with Gasteiger partial charge in [0.25, 0.3) is 5.91 Å². The number of phenolic OH excluding ortho intramolecular Hbond substituents is 1. The highest BCUT2D eigenvalue weighted by Crippen LogP contribution is 2.18. The van der Waals surface area contributed by atoms with Crippen LogP contribution in [0.2, 0.25) is 0 Å². The van der Waals surface area contributed by atoms with Crippen LogP contribution in [0.1, 0.15) is 21.5 Å². The average molecular weight is 307 g/mol. The van der Waals surface area contributed by atoms with Crippen LogP contribution in [0, 0.1) is 6.92 Å². The number of para-hydroxylation sites is 1. The smallest absolute Gasteiger partial charge is 0.255 e. The molecular formula is C18H17N3O2. The number of phenols is 1. The number of nitrogens with zero attached hydrogens (tertiary/aromatic N) is 2. The first-order valence-corrected chi connectivity index (χ1v) is 7.30. The molecule has 5 nitrogen and oxygen atoms in total. The molecule has 5 heteroatoms. The van der Waals surface area contributed by atoms with Gasteiger partial charge in [-0.25, -0.2) is 4.68 Å². The van der Waals surface area contributed by atoms with Gasteiger partial charge in [0.2, 0.25) is 0 Å². The fourth-order valence-corrected chi connectivity index (χ4v) is 2.28. The lowest BCUT2D eigenvalue weighted by molar-refractivity contribution is 0.0948. The van der Waals surface area contributed by atoms with Gasteiger partial charge in [0.1, 0.15) is 5.75 Å². The molecule has 3 rings (SSSR count). The van der Waals surface area contributed by atoms with Crippen LogP contribution in [0.3, 0.4) is 0 Å². The van der Waals surface area contributed by atoms with E-state index in [1.807, 2.05) is 43.5 Å². The Morgan fingerprint density at radius 1 is 1.22 bits per heavy atom. The number of rotatable bonds is 4. The SMILES string of the molecule is Cc1ccc(C(=O)NCc2cnn(-c3ccccc3)c2)c(O)c1. The van der Waals surface area contributed by atoms with Gasteiger partial charge in [0.15, 0.2) is 0 Å². The van der Waals surface area contributed by atoms with Gasteiger partial charge >= 0.3 is 0 Å². The fraction of sp³-hybridized carbons (Fsp3) is 0.111. The van der Waals surface area contributed by atoms with E-state index in [1.54, 1.807) is 29.1 Å². The molecule has 0 unspecified atom stereocenters. The highest BCUT2D eigenvalue weighted by molar-refractivity contribution is 5.96. The van der Waals surface area contributed by atoms with Crippen molar-refractivity contribution in [1.29, 1.82) is 0 Å². The first-order valence-electron chi connectivity index (χ1n) is 7.30. The first-order chi connectivity index (χ1) is 11.1. The third kappa shape index (κ3) is 3.40. The van der Waals surface area contributed by atoms with Crippen molar-refractivity contribution in [1.82, 2.24) is 15.1 Å². The highest BCUT2D eigenvalue weighted by atomic mass is 16.3. The molecule has 0 aliphatic heterocycles. The Balaban J connectivity index is 1.67. The quantitative estimate of drug-likeness (QED) is 0.779. The van der Waals surface area contributed by atoms with Gasteiger partial charge in [0, 0.05) is 18.3 Å². The summed E-state index contributed by atoms with van der Waals surface area (Å²) in [6.45, 7) is 2.21. The standard InChI is InChI=1S/C18H17N3O2/c1-13-7-8-16(17(22)9-13)18(23)19-10-14-11-20-21(12-14)15-5-3-2-4-6-15/h2-9,11-12,22H,10H2,1H3,(H,19,23). The molecule has 2 N–H and O–H groups in total. The van der Waals surface area contributed by atoms with Crippen LogP contribution in [-0.4, -0.2) is 20.8 Å². The van der Waals surface area contributed by atoms with E-state index < -0.39 is 0 Å². The number of aromatic nitrogens is 2. The summed E-state index contributed by atoms with van der Waals surface area (Å²) in [5, 5.41) is 16.9. The summed E-state index contributed by atoms with van der Waals surface area (Å²) in [6.07, 6.45) is 3.58. The molecule has 0 spiro atoms. The van der Waals surface area contributed by atoms with Crippen molar-refractivity contribution in [3.63, 3.8) is 0 Å². The van der Waals surface area contributed by atoms with E-state index in [9.17, 15) is 9.90 Å². The Morgan fingerprint density at radius 3 is 2.74 bits per heavy atom. The van der Waals surface area contributed by atoms with Crippen molar-refractivity contribution in [3.8, 4) is 11.4 Å². The maximum atomic E-state index is 12.1. The van der Waals surface area contributed by atoms with Crippen LogP contribution >= 0.6 is 0 Å². The Labute approximate surface area is 134 Å². The minimum absolute atomic E-state index is 0.0116. The van der Waals surface area contributed by atoms with Gasteiger partial charge in [-0.2, -0.15) is 5.10 Å². The second-order valence-corrected chi connectivity index (χ2v) is 5.33. The minimum atomic E-state index is -0.310. The monoisotopic (exact) mass is 307 g/mol. The van der Waals surface area contributed by atoms with E-state index >= 15 is 0 Å². The predicted molar refractivity (Wildman–Crippen MR) is 87.6 cm³/mol. The van der Waals surface area contributed by atoms with Crippen LogP contribution < -0.4 is 5.32 Å². The molecule has 0 bridgehead atoms. The van der Waals surface area contributed by atoms with E-state index in [4.69, 9.17) is 0 Å². The lowest BCUT2D eigenvalue weighted by Crippen LogP contribution is -2.22. The number of hydrogen-bond donors (Lipinski definition) is 2. The second-order valence-electron chi connectivity index (χ2n) is 5.33. The Morgan fingerprint density at radius 2 is 2.00 bits per heavy atom. The van der Waals surface area contributed by atoms with Crippen molar-refractivity contribution in [2.45, 2.75) is 13.5 Å². The number of benzene rings is 2. The van der Waals surface area contributed by atoms with Crippen LogP contribution in [0.15, 0.2) is 60.9 Å². The number of aryl methyl sites for hydroxylation is 1. The molecule has 1 amide bonds. The van der Waals surface area contributed by atoms with Crippen LogP contribution in [0.25, 0.3) is 5.69 Å².